The summed E-state index contributed by atoms with van der Waals surface area (Å²) in [6.45, 7) is 4.30. The number of pyridine rings is 1. The molecule has 3 aromatic rings. The van der Waals surface area contributed by atoms with Gasteiger partial charge in [0, 0.05) is 54.9 Å². The molecule has 0 spiro atoms. The third kappa shape index (κ3) is 3.05. The predicted octanol–water partition coefficient (Wildman–Crippen LogP) is 4.41. The minimum Gasteiger partial charge on any atom is -0.361 e. The number of rotatable bonds is 4. The van der Waals surface area contributed by atoms with Gasteiger partial charge in [-0.25, -0.2) is 0 Å². The number of nitrogens with one attached hydrogen (secondary N) is 2. The molecule has 0 amide bonds. The number of nitrogens with zero attached hydrogens (tertiary/aromatic N) is 2. The highest BCUT2D eigenvalue weighted by Crippen LogP contribution is 2.52. The summed E-state index contributed by atoms with van der Waals surface area (Å²) >= 11 is 0. The Hall–Kier alpha value is -2.17. The van der Waals surface area contributed by atoms with E-state index in [1.165, 1.54) is 54.3 Å². The summed E-state index contributed by atoms with van der Waals surface area (Å²) in [4.78, 5) is 11.2. The molecule has 1 unspecified atom stereocenters. The van der Waals surface area contributed by atoms with E-state index in [-0.39, 0.29) is 5.41 Å². The first-order valence-electron chi connectivity index (χ1n) is 10.8. The normalized spacial score (nSPS) is 21.6. The van der Waals surface area contributed by atoms with E-state index in [1.807, 2.05) is 12.3 Å². The number of para-hydroxylation sites is 1. The summed E-state index contributed by atoms with van der Waals surface area (Å²) in [7, 11) is 0. The first kappa shape index (κ1) is 17.9. The molecule has 2 aromatic heterocycles. The lowest BCUT2D eigenvalue weighted by molar-refractivity contribution is 0.0736. The largest absolute Gasteiger partial charge is 0.361 e. The molecule has 1 saturated heterocycles. The summed E-state index contributed by atoms with van der Waals surface area (Å²) in [5.41, 5.74) is 4.10. The van der Waals surface area contributed by atoms with Gasteiger partial charge in [-0.1, -0.05) is 43.5 Å². The molecule has 2 fully saturated rings. The van der Waals surface area contributed by atoms with E-state index in [4.69, 9.17) is 4.98 Å². The van der Waals surface area contributed by atoms with E-state index in [9.17, 15) is 0 Å². The number of fused-ring (bicyclic) bond motifs is 1. The lowest BCUT2D eigenvalue weighted by Crippen LogP contribution is -2.52. The molecule has 2 aliphatic rings. The van der Waals surface area contributed by atoms with Crippen molar-refractivity contribution in [3.05, 3.63) is 66.1 Å². The number of benzene rings is 1. The predicted molar refractivity (Wildman–Crippen MR) is 114 cm³/mol. The van der Waals surface area contributed by atoms with Gasteiger partial charge in [0.05, 0.1) is 11.7 Å². The molecule has 0 radical (unpaired) electrons. The van der Waals surface area contributed by atoms with Crippen molar-refractivity contribution in [1.82, 2.24) is 20.2 Å². The molecule has 1 aromatic carbocycles. The van der Waals surface area contributed by atoms with Crippen LogP contribution in [0.25, 0.3) is 10.9 Å². The average molecular weight is 375 g/mol. The standard InChI is InChI=1S/C24H30N4/c1-5-11-24(12-6-1,20-18-27-21-9-3-2-8-19(20)21)23(22-10-4-7-13-26-22)28-16-14-25-15-17-28/h2-4,7-10,13,18,23,25,27H,1,5-6,11-12,14-17H2. The van der Waals surface area contributed by atoms with Gasteiger partial charge >= 0.3 is 0 Å². The summed E-state index contributed by atoms with van der Waals surface area (Å²) in [5.74, 6) is 0. The van der Waals surface area contributed by atoms with E-state index in [2.05, 4.69) is 57.8 Å². The third-order valence-electron chi connectivity index (χ3n) is 6.88. The molecule has 0 bridgehead atoms. The average Bonchev–Trinajstić information content (AvgIpc) is 3.21. The minimum absolute atomic E-state index is 0.115. The van der Waals surface area contributed by atoms with Crippen LogP contribution in [0.5, 0.6) is 0 Å². The van der Waals surface area contributed by atoms with Crippen LogP contribution in [0.4, 0.5) is 0 Å². The van der Waals surface area contributed by atoms with E-state index in [0.717, 1.165) is 26.2 Å². The third-order valence-corrected chi connectivity index (χ3v) is 6.88. The second-order valence-corrected chi connectivity index (χ2v) is 8.41. The maximum atomic E-state index is 4.89. The van der Waals surface area contributed by atoms with Gasteiger partial charge in [0.15, 0.2) is 0 Å². The van der Waals surface area contributed by atoms with Gasteiger partial charge < -0.3 is 10.3 Å². The fourth-order valence-electron chi connectivity index (χ4n) is 5.65. The zero-order valence-electron chi connectivity index (χ0n) is 16.5. The van der Waals surface area contributed by atoms with Crippen molar-refractivity contribution in [3.8, 4) is 0 Å². The second-order valence-electron chi connectivity index (χ2n) is 8.41. The summed E-state index contributed by atoms with van der Waals surface area (Å²) < 4.78 is 0. The highest BCUT2D eigenvalue weighted by atomic mass is 15.2. The van der Waals surface area contributed by atoms with Crippen LogP contribution in [0.15, 0.2) is 54.9 Å². The van der Waals surface area contributed by atoms with Crippen molar-refractivity contribution >= 4 is 10.9 Å². The van der Waals surface area contributed by atoms with Gasteiger partial charge in [-0.15, -0.1) is 0 Å². The minimum atomic E-state index is 0.115. The Balaban J connectivity index is 1.69. The molecule has 1 aliphatic carbocycles. The zero-order chi connectivity index (χ0) is 18.8. The number of aromatic amines is 1. The summed E-state index contributed by atoms with van der Waals surface area (Å²) in [6.07, 6.45) is 10.7. The summed E-state index contributed by atoms with van der Waals surface area (Å²) in [5, 5.41) is 4.92. The van der Waals surface area contributed by atoms with Crippen LogP contribution in [0.3, 0.4) is 0 Å². The van der Waals surface area contributed by atoms with Crippen molar-refractivity contribution in [1.29, 1.82) is 0 Å². The van der Waals surface area contributed by atoms with E-state index < -0.39 is 0 Å². The van der Waals surface area contributed by atoms with Crippen LogP contribution in [-0.2, 0) is 5.41 Å². The topological polar surface area (TPSA) is 44.0 Å². The van der Waals surface area contributed by atoms with Gasteiger partial charge in [-0.05, 0) is 36.6 Å². The smallest absolute Gasteiger partial charge is 0.0619 e. The maximum Gasteiger partial charge on any atom is 0.0619 e. The molecular formula is C24H30N4. The fourth-order valence-corrected chi connectivity index (χ4v) is 5.65. The van der Waals surface area contributed by atoms with E-state index in [1.54, 1.807) is 0 Å². The van der Waals surface area contributed by atoms with Crippen molar-refractivity contribution in [3.63, 3.8) is 0 Å². The number of aromatic nitrogens is 2. The van der Waals surface area contributed by atoms with Crippen molar-refractivity contribution in [2.45, 2.75) is 43.6 Å². The molecule has 3 heterocycles. The molecule has 4 nitrogen and oxygen atoms in total. The first-order valence-corrected chi connectivity index (χ1v) is 10.8. The molecule has 5 rings (SSSR count). The van der Waals surface area contributed by atoms with Crippen LogP contribution in [0.2, 0.25) is 0 Å². The Morgan fingerprint density at radius 2 is 1.71 bits per heavy atom. The molecule has 146 valence electrons. The summed E-state index contributed by atoms with van der Waals surface area (Å²) in [6, 6.07) is 15.6. The van der Waals surface area contributed by atoms with Gasteiger partial charge in [0.2, 0.25) is 0 Å². The fraction of sp³-hybridized carbons (Fsp3) is 0.458. The Morgan fingerprint density at radius 3 is 2.50 bits per heavy atom. The van der Waals surface area contributed by atoms with Crippen LogP contribution >= 0.6 is 0 Å². The van der Waals surface area contributed by atoms with Gasteiger partial charge in [0.25, 0.3) is 0 Å². The molecule has 1 aliphatic heterocycles. The molecule has 28 heavy (non-hydrogen) atoms. The van der Waals surface area contributed by atoms with Crippen molar-refractivity contribution in [2.75, 3.05) is 26.2 Å². The zero-order valence-corrected chi connectivity index (χ0v) is 16.5. The number of H-pyrrole nitrogens is 1. The Morgan fingerprint density at radius 1 is 0.929 bits per heavy atom. The van der Waals surface area contributed by atoms with Crippen LogP contribution in [0, 0.1) is 0 Å². The van der Waals surface area contributed by atoms with Gasteiger partial charge in [-0.2, -0.15) is 0 Å². The lowest BCUT2D eigenvalue weighted by atomic mass is 9.63. The SMILES string of the molecule is c1ccc(C(N2CCNCC2)C2(c3c[nH]c4ccccc34)CCCCC2)nc1. The molecular weight excluding hydrogens is 344 g/mol. The maximum absolute atomic E-state index is 4.89. The second kappa shape index (κ2) is 7.69. The Bertz CT molecular complexity index is 905. The Kier molecular flexibility index (Phi) is 4.91. The van der Waals surface area contributed by atoms with Crippen LogP contribution in [0.1, 0.15) is 49.4 Å². The molecule has 1 saturated carbocycles. The van der Waals surface area contributed by atoms with E-state index >= 15 is 0 Å². The highest BCUT2D eigenvalue weighted by molar-refractivity contribution is 5.84. The first-order chi connectivity index (χ1) is 13.9. The number of hydrogen-bond acceptors (Lipinski definition) is 3. The van der Waals surface area contributed by atoms with Crippen molar-refractivity contribution < 1.29 is 0 Å². The number of piperazine rings is 1. The highest BCUT2D eigenvalue weighted by Gasteiger charge is 2.46. The monoisotopic (exact) mass is 374 g/mol. The lowest BCUT2D eigenvalue weighted by Gasteiger charge is -2.49. The number of hydrogen-bond donors (Lipinski definition) is 2. The van der Waals surface area contributed by atoms with E-state index in [0.29, 0.717) is 6.04 Å². The Labute approximate surface area is 167 Å². The molecule has 2 N–H and O–H groups in total. The van der Waals surface area contributed by atoms with Gasteiger partial charge in [0.1, 0.15) is 0 Å². The molecule has 4 heteroatoms. The molecule has 1 atom stereocenters. The quantitative estimate of drug-likeness (QED) is 0.711. The van der Waals surface area contributed by atoms with Crippen LogP contribution in [-0.4, -0.2) is 41.0 Å². The van der Waals surface area contributed by atoms with Crippen molar-refractivity contribution in [2.24, 2.45) is 0 Å². The van der Waals surface area contributed by atoms with Crippen LogP contribution < -0.4 is 5.32 Å². The van der Waals surface area contributed by atoms with Gasteiger partial charge in [-0.3, -0.25) is 9.88 Å².